The Morgan fingerprint density at radius 2 is 2.09 bits per heavy atom. The highest BCUT2D eigenvalue weighted by Crippen LogP contribution is 2.46. The van der Waals surface area contributed by atoms with E-state index in [-0.39, 0.29) is 29.5 Å². The maximum absolute atomic E-state index is 12.1. The lowest BCUT2D eigenvalue weighted by Gasteiger charge is -2.28. The van der Waals surface area contributed by atoms with Crippen LogP contribution in [0.5, 0.6) is 0 Å². The van der Waals surface area contributed by atoms with Gasteiger partial charge in [0.2, 0.25) is 5.91 Å². The number of rotatable bonds is 7. The fourth-order valence-corrected chi connectivity index (χ4v) is 4.79. The van der Waals surface area contributed by atoms with Crippen LogP contribution in [0.25, 0.3) is 0 Å². The molecule has 1 aliphatic heterocycles. The van der Waals surface area contributed by atoms with Gasteiger partial charge in [0.05, 0.1) is 5.75 Å². The molecule has 7 heteroatoms. The van der Waals surface area contributed by atoms with Gasteiger partial charge in [-0.3, -0.25) is 4.79 Å². The number of amides is 1. The summed E-state index contributed by atoms with van der Waals surface area (Å²) < 4.78 is 22.8. The number of nitrogens with one attached hydrogen (secondary N) is 2. The first-order chi connectivity index (χ1) is 9.80. The van der Waals surface area contributed by atoms with Gasteiger partial charge in [-0.1, -0.05) is 6.92 Å². The number of hydrogen-bond donors (Lipinski definition) is 2. The zero-order valence-corrected chi connectivity index (χ0v) is 15.2. The van der Waals surface area contributed by atoms with Crippen LogP contribution in [-0.2, 0) is 14.6 Å². The molecule has 0 radical (unpaired) electrons. The van der Waals surface area contributed by atoms with Crippen LogP contribution in [0.3, 0.4) is 0 Å². The first-order valence-corrected chi connectivity index (χ1v) is 10.0. The average Bonchev–Trinajstić information content (AvgIpc) is 3.15. The summed E-state index contributed by atoms with van der Waals surface area (Å²) in [5, 5.41) is 6.34. The lowest BCUT2D eigenvalue weighted by Crippen LogP contribution is -2.37. The van der Waals surface area contributed by atoms with Crippen LogP contribution in [-0.4, -0.2) is 46.0 Å². The normalized spacial score (nSPS) is 24.9. The number of halogens is 1. The van der Waals surface area contributed by atoms with Gasteiger partial charge in [0.15, 0.2) is 0 Å². The van der Waals surface area contributed by atoms with Crippen LogP contribution in [0.1, 0.15) is 39.0 Å². The largest absolute Gasteiger partial charge is 0.356 e. The maximum Gasteiger partial charge on any atom is 0.220 e. The molecule has 2 fully saturated rings. The summed E-state index contributed by atoms with van der Waals surface area (Å²) in [6.07, 6.45) is 6.01. The van der Waals surface area contributed by atoms with Gasteiger partial charge in [0, 0.05) is 24.6 Å². The van der Waals surface area contributed by atoms with Crippen molar-refractivity contribution < 1.29 is 13.2 Å². The molecule has 1 saturated carbocycles. The van der Waals surface area contributed by atoms with Crippen LogP contribution >= 0.6 is 12.4 Å². The van der Waals surface area contributed by atoms with E-state index in [9.17, 15) is 13.2 Å². The van der Waals surface area contributed by atoms with E-state index < -0.39 is 9.84 Å². The van der Waals surface area contributed by atoms with Gasteiger partial charge in [-0.05, 0) is 50.6 Å². The number of hydrogen-bond acceptors (Lipinski definition) is 4. The molecule has 1 amide bonds. The molecule has 1 heterocycles. The Kier molecular flexibility index (Phi) is 7.15. The molecule has 2 rings (SSSR count). The maximum atomic E-state index is 12.1. The third-order valence-electron chi connectivity index (χ3n) is 4.83. The van der Waals surface area contributed by atoms with E-state index in [4.69, 9.17) is 0 Å². The van der Waals surface area contributed by atoms with Crippen LogP contribution in [0, 0.1) is 17.3 Å². The molecule has 1 aliphatic carbocycles. The quantitative estimate of drug-likeness (QED) is 0.725. The third kappa shape index (κ3) is 6.42. The molecular weight excluding hydrogens is 324 g/mol. The number of carbonyl (C=O) groups is 1. The third-order valence-corrected chi connectivity index (χ3v) is 5.97. The Morgan fingerprint density at radius 1 is 1.41 bits per heavy atom. The molecule has 0 aromatic heterocycles. The minimum atomic E-state index is -2.97. The SMILES string of the molecule is CC(CC(=O)NCC1(CS(C)(=O)=O)CC1)C1CCCNC1.Cl. The summed E-state index contributed by atoms with van der Waals surface area (Å²) in [6, 6.07) is 0. The number of sulfone groups is 1. The molecule has 130 valence electrons. The Balaban J connectivity index is 0.00000242. The van der Waals surface area contributed by atoms with E-state index in [1.807, 2.05) is 0 Å². The second kappa shape index (κ2) is 7.97. The predicted molar refractivity (Wildman–Crippen MR) is 91.0 cm³/mol. The lowest BCUT2D eigenvalue weighted by molar-refractivity contribution is -0.122. The van der Waals surface area contributed by atoms with E-state index in [1.165, 1.54) is 19.1 Å². The second-order valence-electron chi connectivity index (χ2n) is 7.13. The van der Waals surface area contributed by atoms with Crippen molar-refractivity contribution in [3.63, 3.8) is 0 Å². The molecule has 0 spiro atoms. The molecule has 2 unspecified atom stereocenters. The fraction of sp³-hybridized carbons (Fsp3) is 0.933. The van der Waals surface area contributed by atoms with E-state index >= 15 is 0 Å². The van der Waals surface area contributed by atoms with Gasteiger partial charge in [-0.2, -0.15) is 0 Å². The summed E-state index contributed by atoms with van der Waals surface area (Å²) in [7, 11) is -2.97. The van der Waals surface area contributed by atoms with Gasteiger partial charge < -0.3 is 10.6 Å². The van der Waals surface area contributed by atoms with Crippen molar-refractivity contribution in [2.24, 2.45) is 17.3 Å². The van der Waals surface area contributed by atoms with Gasteiger partial charge >= 0.3 is 0 Å². The fourth-order valence-electron chi connectivity index (χ4n) is 3.29. The average molecular weight is 353 g/mol. The first kappa shape index (κ1) is 19.7. The second-order valence-corrected chi connectivity index (χ2v) is 9.27. The molecule has 0 aromatic carbocycles. The van der Waals surface area contributed by atoms with E-state index in [0.29, 0.717) is 24.8 Å². The Labute approximate surface area is 140 Å². The summed E-state index contributed by atoms with van der Waals surface area (Å²) in [4.78, 5) is 12.1. The minimum absolute atomic E-state index is 0. The highest BCUT2D eigenvalue weighted by atomic mass is 35.5. The smallest absolute Gasteiger partial charge is 0.220 e. The Hall–Kier alpha value is -0.330. The number of piperidine rings is 1. The van der Waals surface area contributed by atoms with E-state index in [1.54, 1.807) is 0 Å². The minimum Gasteiger partial charge on any atom is -0.356 e. The van der Waals surface area contributed by atoms with Crippen LogP contribution < -0.4 is 10.6 Å². The van der Waals surface area contributed by atoms with E-state index in [2.05, 4.69) is 17.6 Å². The van der Waals surface area contributed by atoms with Crippen LogP contribution in [0.4, 0.5) is 0 Å². The van der Waals surface area contributed by atoms with Crippen molar-refractivity contribution in [1.82, 2.24) is 10.6 Å². The summed E-state index contributed by atoms with van der Waals surface area (Å²) in [5.74, 6) is 1.22. The molecule has 5 nitrogen and oxygen atoms in total. The zero-order chi connectivity index (χ0) is 15.5. The predicted octanol–water partition coefficient (Wildman–Crippen LogP) is 1.37. The summed E-state index contributed by atoms with van der Waals surface area (Å²) in [6.45, 7) is 4.74. The van der Waals surface area contributed by atoms with Gasteiger partial charge in [-0.15, -0.1) is 12.4 Å². The molecular formula is C15H29ClN2O3S. The lowest BCUT2D eigenvalue weighted by atomic mass is 9.85. The van der Waals surface area contributed by atoms with Crippen molar-refractivity contribution in [1.29, 1.82) is 0 Å². The molecule has 2 atom stereocenters. The monoisotopic (exact) mass is 352 g/mol. The van der Waals surface area contributed by atoms with Gasteiger partial charge in [-0.25, -0.2) is 8.42 Å². The molecule has 0 aromatic rings. The number of carbonyl (C=O) groups excluding carboxylic acids is 1. The standard InChI is InChI=1S/C15H28N2O3S.ClH/c1-12(13-4-3-7-16-9-13)8-14(18)17-10-15(5-6-15)11-21(2,19)20;/h12-13,16H,3-11H2,1-2H3,(H,17,18);1H. The van der Waals surface area contributed by atoms with Crippen LogP contribution in [0.15, 0.2) is 0 Å². The Bertz CT molecular complexity index is 471. The zero-order valence-electron chi connectivity index (χ0n) is 13.6. The molecule has 2 aliphatic rings. The first-order valence-electron chi connectivity index (χ1n) is 7.95. The van der Waals surface area contributed by atoms with Crippen molar-refractivity contribution in [2.75, 3.05) is 31.6 Å². The van der Waals surface area contributed by atoms with Gasteiger partial charge in [0.25, 0.3) is 0 Å². The van der Waals surface area contributed by atoms with Crippen molar-refractivity contribution in [3.05, 3.63) is 0 Å². The summed E-state index contributed by atoms with van der Waals surface area (Å²) >= 11 is 0. The molecule has 22 heavy (non-hydrogen) atoms. The van der Waals surface area contributed by atoms with Crippen LogP contribution in [0.2, 0.25) is 0 Å². The topological polar surface area (TPSA) is 75.3 Å². The molecule has 1 saturated heterocycles. The molecule has 0 bridgehead atoms. The van der Waals surface area contributed by atoms with Gasteiger partial charge in [0.1, 0.15) is 9.84 Å². The van der Waals surface area contributed by atoms with Crippen molar-refractivity contribution in [3.8, 4) is 0 Å². The molecule has 2 N–H and O–H groups in total. The van der Waals surface area contributed by atoms with E-state index in [0.717, 1.165) is 25.9 Å². The highest BCUT2D eigenvalue weighted by Gasteiger charge is 2.45. The highest BCUT2D eigenvalue weighted by molar-refractivity contribution is 7.90. The summed E-state index contributed by atoms with van der Waals surface area (Å²) in [5.41, 5.74) is -0.182. The Morgan fingerprint density at radius 3 is 2.59 bits per heavy atom. The van der Waals surface area contributed by atoms with Crippen molar-refractivity contribution >= 4 is 28.2 Å². The van der Waals surface area contributed by atoms with Crippen molar-refractivity contribution in [2.45, 2.75) is 39.0 Å².